The predicted octanol–water partition coefficient (Wildman–Crippen LogP) is 5.77. The molecule has 2 heterocycles. The van der Waals surface area contributed by atoms with Gasteiger partial charge in [0.05, 0.1) is 17.7 Å². The van der Waals surface area contributed by atoms with Gasteiger partial charge in [0.2, 0.25) is 17.7 Å². The summed E-state index contributed by atoms with van der Waals surface area (Å²) >= 11 is 6.26. The monoisotopic (exact) mass is 734 g/mol. The fourth-order valence-electron chi connectivity index (χ4n) is 6.59. The quantitative estimate of drug-likeness (QED) is 0.0520. The first kappa shape index (κ1) is 36.8. The van der Waals surface area contributed by atoms with E-state index in [2.05, 4.69) is 28.1 Å². The van der Waals surface area contributed by atoms with E-state index in [1.165, 1.54) is 6.07 Å². The van der Waals surface area contributed by atoms with Gasteiger partial charge in [0.25, 0.3) is 11.8 Å². The van der Waals surface area contributed by atoms with Gasteiger partial charge < -0.3 is 20.5 Å². The van der Waals surface area contributed by atoms with Gasteiger partial charge in [0.1, 0.15) is 24.1 Å². The zero-order chi connectivity index (χ0) is 37.3. The SMILES string of the molecule is O=C(CCCNc1cccc2c1C(=O)N(C1CCC(=O)NC1=O)C2=O)NCCOc1ccc(C(=C(CCCl)c2ccccc2)c2ccc(O)cc2)cc1. The van der Waals surface area contributed by atoms with Crippen LogP contribution in [0.5, 0.6) is 11.5 Å². The number of hydrogen-bond donors (Lipinski definition) is 4. The lowest BCUT2D eigenvalue weighted by Crippen LogP contribution is -2.54. The number of ether oxygens (including phenoxy) is 1. The number of phenols is 1. The second-order valence-electron chi connectivity index (χ2n) is 12.6. The molecule has 0 spiro atoms. The van der Waals surface area contributed by atoms with Gasteiger partial charge in [-0.25, -0.2) is 0 Å². The van der Waals surface area contributed by atoms with Crippen LogP contribution in [0.25, 0.3) is 11.1 Å². The number of fused-ring (bicyclic) bond motifs is 1. The Balaban J connectivity index is 0.988. The molecule has 1 atom stereocenters. The summed E-state index contributed by atoms with van der Waals surface area (Å²) in [6, 6.07) is 28.8. The molecule has 1 saturated heterocycles. The maximum absolute atomic E-state index is 13.3. The second-order valence-corrected chi connectivity index (χ2v) is 13.0. The number of alkyl halides is 1. The van der Waals surface area contributed by atoms with Crippen molar-refractivity contribution in [2.45, 2.75) is 38.1 Å². The first-order chi connectivity index (χ1) is 25.7. The number of hydrogen-bond acceptors (Lipinski definition) is 8. The van der Waals surface area contributed by atoms with Gasteiger partial charge in [0, 0.05) is 31.0 Å². The molecule has 0 bridgehead atoms. The Morgan fingerprint density at radius 3 is 2.25 bits per heavy atom. The lowest BCUT2D eigenvalue weighted by atomic mass is 9.88. The van der Waals surface area contributed by atoms with Crippen LogP contribution in [0.1, 0.15) is 69.5 Å². The number of imide groups is 2. The number of piperidine rings is 1. The smallest absolute Gasteiger partial charge is 0.264 e. The Labute approximate surface area is 312 Å². The highest BCUT2D eigenvalue weighted by atomic mass is 35.5. The van der Waals surface area contributed by atoms with E-state index >= 15 is 0 Å². The summed E-state index contributed by atoms with van der Waals surface area (Å²) in [6.07, 6.45) is 1.46. The largest absolute Gasteiger partial charge is 0.508 e. The predicted molar refractivity (Wildman–Crippen MR) is 202 cm³/mol. The number of phenolic OH excluding ortho intramolecular Hbond substituents is 1. The van der Waals surface area contributed by atoms with Crippen molar-refractivity contribution < 1.29 is 33.8 Å². The number of nitrogens with one attached hydrogen (secondary N) is 3. The van der Waals surface area contributed by atoms with Crippen molar-refractivity contribution >= 4 is 58.0 Å². The maximum Gasteiger partial charge on any atom is 0.264 e. The molecule has 5 amide bonds. The topological polar surface area (TPSA) is 154 Å². The van der Waals surface area contributed by atoms with Crippen LogP contribution in [0.3, 0.4) is 0 Å². The highest BCUT2D eigenvalue weighted by Crippen LogP contribution is 2.36. The van der Waals surface area contributed by atoms with Gasteiger partial charge in [-0.2, -0.15) is 0 Å². The molecule has 2 aliphatic heterocycles. The summed E-state index contributed by atoms with van der Waals surface area (Å²) in [6.45, 7) is 0.936. The highest BCUT2D eigenvalue weighted by molar-refractivity contribution is 6.25. The van der Waals surface area contributed by atoms with E-state index in [0.29, 0.717) is 43.2 Å². The van der Waals surface area contributed by atoms with E-state index in [-0.39, 0.29) is 48.7 Å². The van der Waals surface area contributed by atoms with Crippen molar-refractivity contribution in [3.8, 4) is 11.5 Å². The number of halogens is 1. The van der Waals surface area contributed by atoms with Crippen molar-refractivity contribution in [2.75, 3.05) is 30.9 Å². The third-order valence-corrected chi connectivity index (χ3v) is 9.31. The standard InChI is InChI=1S/C41H39ClN4O7/c42-22-21-31(26-6-2-1-3-7-26)37(27-11-15-29(47)16-12-27)28-13-17-30(18-14-28)53-25-24-44-35(48)10-5-23-43-33-9-4-8-32-38(33)41(52)46(40(32)51)34-19-20-36(49)45-39(34)50/h1-4,6-9,11-18,34,43,47H,5,10,19-25H2,(H,44,48)(H,45,49,50). The number of allylic oxidation sites excluding steroid dienone is 1. The molecule has 0 saturated carbocycles. The van der Waals surface area contributed by atoms with Crippen LogP contribution in [0.4, 0.5) is 5.69 Å². The summed E-state index contributed by atoms with van der Waals surface area (Å²) in [5.74, 6) is -1.13. The van der Waals surface area contributed by atoms with Gasteiger partial charge in [-0.1, -0.05) is 60.7 Å². The van der Waals surface area contributed by atoms with Crippen LogP contribution in [-0.4, -0.2) is 71.2 Å². The Morgan fingerprint density at radius 1 is 0.830 bits per heavy atom. The molecule has 272 valence electrons. The van der Waals surface area contributed by atoms with Crippen LogP contribution in [-0.2, 0) is 14.4 Å². The minimum absolute atomic E-state index is 0.0455. The van der Waals surface area contributed by atoms with Crippen LogP contribution in [0.2, 0.25) is 0 Å². The molecule has 1 unspecified atom stereocenters. The summed E-state index contributed by atoms with van der Waals surface area (Å²) in [5, 5.41) is 18.1. The molecule has 12 heteroatoms. The second kappa shape index (κ2) is 17.1. The first-order valence-electron chi connectivity index (χ1n) is 17.5. The molecule has 0 aromatic heterocycles. The van der Waals surface area contributed by atoms with Gasteiger partial charge in [0.15, 0.2) is 0 Å². The Morgan fingerprint density at radius 2 is 1.55 bits per heavy atom. The van der Waals surface area contributed by atoms with Crippen LogP contribution >= 0.6 is 11.6 Å². The molecule has 1 fully saturated rings. The summed E-state index contributed by atoms with van der Waals surface area (Å²) in [5.41, 5.74) is 5.89. The molecule has 4 N–H and O–H groups in total. The normalized spacial score (nSPS) is 15.8. The summed E-state index contributed by atoms with van der Waals surface area (Å²) in [7, 11) is 0. The molecule has 0 aliphatic carbocycles. The first-order valence-corrected chi connectivity index (χ1v) is 18.0. The van der Waals surface area contributed by atoms with Crippen molar-refractivity contribution in [1.82, 2.24) is 15.5 Å². The van der Waals surface area contributed by atoms with E-state index in [4.69, 9.17) is 16.3 Å². The lowest BCUT2D eigenvalue weighted by molar-refractivity contribution is -0.136. The van der Waals surface area contributed by atoms with Crippen LogP contribution < -0.4 is 20.7 Å². The number of anilines is 1. The van der Waals surface area contributed by atoms with Crippen molar-refractivity contribution in [1.29, 1.82) is 0 Å². The Kier molecular flexibility index (Phi) is 11.9. The van der Waals surface area contributed by atoms with Crippen LogP contribution in [0.15, 0.2) is 97.1 Å². The maximum atomic E-state index is 13.3. The average molecular weight is 735 g/mol. The van der Waals surface area contributed by atoms with Crippen LogP contribution in [0, 0.1) is 0 Å². The molecule has 4 aromatic carbocycles. The zero-order valence-electron chi connectivity index (χ0n) is 28.9. The van der Waals surface area contributed by atoms with E-state index in [1.807, 2.05) is 54.6 Å². The van der Waals surface area contributed by atoms with Gasteiger partial charge >= 0.3 is 0 Å². The molecular weight excluding hydrogens is 696 g/mol. The number of aromatic hydroxyl groups is 1. The summed E-state index contributed by atoms with van der Waals surface area (Å²) < 4.78 is 5.91. The molecule has 4 aromatic rings. The van der Waals surface area contributed by atoms with E-state index in [1.54, 1.807) is 24.3 Å². The molecular formula is C41H39ClN4O7. The van der Waals surface area contributed by atoms with Gasteiger partial charge in [-0.05, 0) is 83.5 Å². The van der Waals surface area contributed by atoms with Gasteiger partial charge in [-0.3, -0.25) is 34.2 Å². The Hall–Kier alpha value is -5.94. The number of carbonyl (C=O) groups excluding carboxylic acids is 5. The average Bonchev–Trinajstić information content (AvgIpc) is 3.42. The number of benzene rings is 4. The fourth-order valence-corrected chi connectivity index (χ4v) is 6.78. The van der Waals surface area contributed by atoms with E-state index < -0.39 is 29.7 Å². The minimum atomic E-state index is -1.04. The van der Waals surface area contributed by atoms with E-state index in [0.717, 1.165) is 32.7 Å². The van der Waals surface area contributed by atoms with Crippen molar-refractivity contribution in [3.63, 3.8) is 0 Å². The van der Waals surface area contributed by atoms with Crippen molar-refractivity contribution in [2.24, 2.45) is 0 Å². The third kappa shape index (κ3) is 8.58. The van der Waals surface area contributed by atoms with E-state index in [9.17, 15) is 29.1 Å². The molecule has 0 radical (unpaired) electrons. The number of nitrogens with zero attached hydrogens (tertiary/aromatic N) is 1. The van der Waals surface area contributed by atoms with Crippen molar-refractivity contribution in [3.05, 3.63) is 125 Å². The van der Waals surface area contributed by atoms with Gasteiger partial charge in [-0.15, -0.1) is 11.6 Å². The molecule has 53 heavy (non-hydrogen) atoms. The third-order valence-electron chi connectivity index (χ3n) is 9.12. The number of rotatable bonds is 15. The lowest BCUT2D eigenvalue weighted by Gasteiger charge is -2.27. The number of amides is 5. The molecule has 11 nitrogen and oxygen atoms in total. The fraction of sp³-hybridized carbons (Fsp3) is 0.244. The molecule has 6 rings (SSSR count). The Bertz CT molecular complexity index is 2030. The summed E-state index contributed by atoms with van der Waals surface area (Å²) in [4.78, 5) is 63.7. The minimum Gasteiger partial charge on any atom is -0.508 e. The molecule has 2 aliphatic rings. The highest BCUT2D eigenvalue weighted by Gasteiger charge is 2.45. The zero-order valence-corrected chi connectivity index (χ0v) is 29.7. The number of carbonyl (C=O) groups is 5.